The van der Waals surface area contributed by atoms with Crippen LogP contribution in [0.5, 0.6) is 0 Å². The zero-order chi connectivity index (χ0) is 25.6. The van der Waals surface area contributed by atoms with Gasteiger partial charge in [-0.25, -0.2) is 17.2 Å². The van der Waals surface area contributed by atoms with E-state index in [4.69, 9.17) is 4.74 Å². The molecule has 0 unspecified atom stereocenters. The summed E-state index contributed by atoms with van der Waals surface area (Å²) in [6, 6.07) is 8.37. The van der Waals surface area contributed by atoms with Gasteiger partial charge in [-0.15, -0.1) is 0 Å². The van der Waals surface area contributed by atoms with Crippen molar-refractivity contribution in [3.05, 3.63) is 64.7 Å². The molecule has 0 heterocycles. The molecule has 2 aromatic rings. The van der Waals surface area contributed by atoms with Crippen LogP contribution in [0.2, 0.25) is 0 Å². The first-order valence-corrected chi connectivity index (χ1v) is 13.6. The van der Waals surface area contributed by atoms with Gasteiger partial charge in [0.05, 0.1) is 27.8 Å². The maximum atomic E-state index is 15.1. The summed E-state index contributed by atoms with van der Waals surface area (Å²) in [5, 5.41) is 9.48. The minimum Gasteiger partial charge on any atom is -0.481 e. The average Bonchev–Trinajstić information content (AvgIpc) is 3.64. The first kappa shape index (κ1) is 25.8. The molecule has 2 saturated carbocycles. The lowest BCUT2D eigenvalue weighted by atomic mass is 9.63. The van der Waals surface area contributed by atoms with E-state index in [0.29, 0.717) is 23.7 Å². The van der Waals surface area contributed by atoms with Gasteiger partial charge in [0.15, 0.2) is 9.84 Å². The lowest BCUT2D eigenvalue weighted by Gasteiger charge is -2.45. The minimum atomic E-state index is -3.75. The normalized spacial score (nSPS) is 25.1. The van der Waals surface area contributed by atoms with Gasteiger partial charge in [0, 0.05) is 5.56 Å². The van der Waals surface area contributed by atoms with E-state index in [1.165, 1.54) is 43.3 Å². The first-order valence-electron chi connectivity index (χ1n) is 12.1. The van der Waals surface area contributed by atoms with Crippen LogP contribution in [0.15, 0.2) is 41.3 Å². The van der Waals surface area contributed by atoms with Gasteiger partial charge in [-0.1, -0.05) is 12.1 Å². The third kappa shape index (κ3) is 4.75. The molecule has 4 rings (SSSR count). The molecule has 0 aromatic heterocycles. The summed E-state index contributed by atoms with van der Waals surface area (Å²) in [4.78, 5) is 12.4. The fraction of sp³-hybridized carbons (Fsp3) is 0.519. The van der Waals surface area contributed by atoms with E-state index in [9.17, 15) is 22.7 Å². The van der Waals surface area contributed by atoms with Gasteiger partial charge < -0.3 is 9.84 Å². The molecule has 35 heavy (non-hydrogen) atoms. The molecule has 2 aliphatic carbocycles. The Morgan fingerprint density at radius 3 is 2.17 bits per heavy atom. The van der Waals surface area contributed by atoms with E-state index in [1.54, 1.807) is 13.8 Å². The van der Waals surface area contributed by atoms with Crippen LogP contribution >= 0.6 is 0 Å². The molecule has 0 radical (unpaired) electrons. The molecular formula is C27H32F2O5S. The van der Waals surface area contributed by atoms with E-state index in [2.05, 4.69) is 0 Å². The van der Waals surface area contributed by atoms with Crippen molar-refractivity contribution in [2.75, 3.05) is 6.61 Å². The first-order chi connectivity index (χ1) is 16.4. The number of rotatable bonds is 8. The van der Waals surface area contributed by atoms with E-state index in [-0.39, 0.29) is 36.1 Å². The topological polar surface area (TPSA) is 80.7 Å². The highest BCUT2D eigenvalue weighted by Crippen LogP contribution is 2.51. The molecule has 2 aliphatic rings. The molecule has 0 spiro atoms. The molecule has 5 nitrogen and oxygen atoms in total. The number of aliphatic carboxylic acids is 1. The largest absolute Gasteiger partial charge is 0.481 e. The van der Waals surface area contributed by atoms with Crippen LogP contribution in [0, 0.1) is 24.5 Å². The van der Waals surface area contributed by atoms with Crippen molar-refractivity contribution in [2.24, 2.45) is 5.92 Å². The lowest BCUT2D eigenvalue weighted by Crippen LogP contribution is -2.46. The van der Waals surface area contributed by atoms with Gasteiger partial charge in [-0.2, -0.15) is 0 Å². The highest BCUT2D eigenvalue weighted by atomic mass is 32.2. The van der Waals surface area contributed by atoms with Crippen molar-refractivity contribution in [3.63, 3.8) is 0 Å². The van der Waals surface area contributed by atoms with Gasteiger partial charge in [0.2, 0.25) is 0 Å². The number of hydrogen-bond acceptors (Lipinski definition) is 4. The Hall–Kier alpha value is -2.32. The standard InChI is InChI=1S/C27H32F2O5S/c1-17(2)35(32,33)24-15-21(14-23(29)18(24)3)27(34-16-19-4-5-19)12-10-26(11-13-27,25(30)31)20-6-8-22(28)9-7-20/h6-9,14-15,17,19H,4-5,10-13,16H2,1-3H3,(H,30,31)/t26-,27-. The maximum Gasteiger partial charge on any atom is 0.314 e. The molecule has 190 valence electrons. The van der Waals surface area contributed by atoms with Crippen LogP contribution in [-0.2, 0) is 30.4 Å². The number of carboxylic acid groups (broad SMARTS) is 1. The molecular weight excluding hydrogens is 474 g/mol. The summed E-state index contributed by atoms with van der Waals surface area (Å²) in [7, 11) is -3.75. The predicted molar refractivity (Wildman–Crippen MR) is 128 cm³/mol. The van der Waals surface area contributed by atoms with Crippen molar-refractivity contribution in [2.45, 2.75) is 80.5 Å². The van der Waals surface area contributed by atoms with Gasteiger partial charge in [0.25, 0.3) is 0 Å². The maximum absolute atomic E-state index is 15.1. The lowest BCUT2D eigenvalue weighted by molar-refractivity contribution is -0.151. The van der Waals surface area contributed by atoms with E-state index in [0.717, 1.165) is 12.8 Å². The summed E-state index contributed by atoms with van der Waals surface area (Å²) in [6.45, 7) is 5.03. The predicted octanol–water partition coefficient (Wildman–Crippen LogP) is 5.67. The van der Waals surface area contributed by atoms with Crippen LogP contribution in [0.25, 0.3) is 0 Å². The monoisotopic (exact) mass is 506 g/mol. The van der Waals surface area contributed by atoms with E-state index >= 15 is 4.39 Å². The van der Waals surface area contributed by atoms with Gasteiger partial charge in [-0.05, 0) is 101 Å². The van der Waals surface area contributed by atoms with Gasteiger partial charge >= 0.3 is 5.97 Å². The van der Waals surface area contributed by atoms with Crippen LogP contribution in [0.4, 0.5) is 8.78 Å². The number of carboxylic acids is 1. The molecule has 0 saturated heterocycles. The zero-order valence-corrected chi connectivity index (χ0v) is 21.1. The Kier molecular flexibility index (Phi) is 6.83. The highest BCUT2D eigenvalue weighted by molar-refractivity contribution is 7.92. The summed E-state index contributed by atoms with van der Waals surface area (Å²) in [6.07, 6.45) is 3.01. The quantitative estimate of drug-likeness (QED) is 0.499. The molecule has 0 atom stereocenters. The number of sulfone groups is 1. The zero-order valence-electron chi connectivity index (χ0n) is 20.3. The molecule has 0 aliphatic heterocycles. The summed E-state index contributed by atoms with van der Waals surface area (Å²) >= 11 is 0. The second-order valence-electron chi connectivity index (χ2n) is 10.3. The molecule has 1 N–H and O–H groups in total. The number of ether oxygens (including phenoxy) is 1. The molecule has 0 amide bonds. The number of halogens is 2. The second-order valence-corrected chi connectivity index (χ2v) is 12.8. The van der Waals surface area contributed by atoms with Crippen molar-refractivity contribution in [1.82, 2.24) is 0 Å². The third-order valence-corrected chi connectivity index (χ3v) is 10.0. The Morgan fingerprint density at radius 2 is 1.66 bits per heavy atom. The number of hydrogen-bond donors (Lipinski definition) is 1. The molecule has 8 heteroatoms. The highest BCUT2D eigenvalue weighted by Gasteiger charge is 2.50. The molecule has 2 fully saturated rings. The van der Waals surface area contributed by atoms with Crippen LogP contribution in [-0.4, -0.2) is 31.4 Å². The van der Waals surface area contributed by atoms with E-state index < -0.39 is 43.7 Å². The van der Waals surface area contributed by atoms with Crippen molar-refractivity contribution in [3.8, 4) is 0 Å². The average molecular weight is 507 g/mol. The Labute approximate surface area is 205 Å². The molecule has 2 aromatic carbocycles. The Bertz CT molecular complexity index is 1210. The van der Waals surface area contributed by atoms with Crippen LogP contribution in [0.3, 0.4) is 0 Å². The minimum absolute atomic E-state index is 0.0505. The fourth-order valence-corrected chi connectivity index (χ4v) is 6.34. The van der Waals surface area contributed by atoms with Crippen molar-refractivity contribution >= 4 is 15.8 Å². The van der Waals surface area contributed by atoms with Gasteiger partial charge in [0.1, 0.15) is 11.6 Å². The Morgan fingerprint density at radius 1 is 1.06 bits per heavy atom. The third-order valence-electron chi connectivity index (χ3n) is 7.76. The number of benzene rings is 2. The van der Waals surface area contributed by atoms with Crippen molar-refractivity contribution < 1.29 is 31.8 Å². The van der Waals surface area contributed by atoms with E-state index in [1.807, 2.05) is 0 Å². The van der Waals surface area contributed by atoms with Crippen LogP contribution < -0.4 is 0 Å². The fourth-order valence-electron chi connectivity index (χ4n) is 5.02. The van der Waals surface area contributed by atoms with Gasteiger partial charge in [-0.3, -0.25) is 4.79 Å². The van der Waals surface area contributed by atoms with Crippen molar-refractivity contribution in [1.29, 1.82) is 0 Å². The SMILES string of the molecule is Cc1c(F)cc([C@]2(OCC3CC3)CC[C@@](C(=O)O)(c3ccc(F)cc3)CC2)cc1S(=O)(=O)C(C)C. The second kappa shape index (κ2) is 9.28. The van der Waals surface area contributed by atoms with Crippen LogP contribution in [0.1, 0.15) is 69.1 Å². The smallest absolute Gasteiger partial charge is 0.314 e. The Balaban J connectivity index is 1.76. The summed E-state index contributed by atoms with van der Waals surface area (Å²) < 4.78 is 61.1. The number of carbonyl (C=O) groups is 1. The summed E-state index contributed by atoms with van der Waals surface area (Å²) in [5.74, 6) is -1.66. The molecule has 0 bridgehead atoms. The summed E-state index contributed by atoms with van der Waals surface area (Å²) in [5.41, 5.74) is -1.21.